The third-order valence-corrected chi connectivity index (χ3v) is 6.75. The lowest BCUT2D eigenvalue weighted by Gasteiger charge is -2.36. The first-order valence-electron chi connectivity index (χ1n) is 11.4. The molecule has 4 N–H and O–H groups in total. The number of aliphatic hydroxyl groups is 2. The van der Waals surface area contributed by atoms with E-state index in [4.69, 9.17) is 4.74 Å². The Labute approximate surface area is 195 Å². The summed E-state index contributed by atoms with van der Waals surface area (Å²) in [5.74, 6) is -1.70. The van der Waals surface area contributed by atoms with Gasteiger partial charge in [-0.1, -0.05) is 27.7 Å². The number of phenolic OH excluding ortho intramolecular Hbond substituents is 2. The summed E-state index contributed by atoms with van der Waals surface area (Å²) in [4.78, 5) is 25.7. The summed E-state index contributed by atoms with van der Waals surface area (Å²) in [5, 5.41) is 43.5. The molecule has 0 amide bonds. The minimum atomic E-state index is -1.10. The van der Waals surface area contributed by atoms with Crippen LogP contribution in [-0.2, 0) is 11.2 Å². The largest absolute Gasteiger partial charge is 0.511 e. The molecular weight excluding hydrogens is 424 g/mol. The van der Waals surface area contributed by atoms with Gasteiger partial charge in [0.1, 0.15) is 34.3 Å². The van der Waals surface area contributed by atoms with E-state index in [9.17, 15) is 30.0 Å². The average molecular weight is 461 g/mol. The molecule has 0 saturated heterocycles. The van der Waals surface area contributed by atoms with Crippen molar-refractivity contribution in [2.75, 3.05) is 7.11 Å². The van der Waals surface area contributed by atoms with Crippen molar-refractivity contribution in [3.05, 3.63) is 39.4 Å². The zero-order chi connectivity index (χ0) is 25.2. The zero-order valence-corrected chi connectivity index (χ0v) is 20.6. The first-order valence-corrected chi connectivity index (χ1v) is 11.4. The Morgan fingerprint density at radius 2 is 1.70 bits per heavy atom. The second kappa shape index (κ2) is 9.89. The van der Waals surface area contributed by atoms with Crippen molar-refractivity contribution in [1.82, 2.24) is 0 Å². The van der Waals surface area contributed by atoms with Gasteiger partial charge in [-0.2, -0.15) is 0 Å². The second-order valence-electron chi connectivity index (χ2n) is 9.27. The van der Waals surface area contributed by atoms with Crippen LogP contribution in [0.5, 0.6) is 17.2 Å². The molecule has 0 spiro atoms. The van der Waals surface area contributed by atoms with Gasteiger partial charge in [0, 0.05) is 40.0 Å². The maximum Gasteiger partial charge on any atom is 0.170 e. The normalized spacial score (nSPS) is 19.6. The van der Waals surface area contributed by atoms with Crippen molar-refractivity contribution < 1.29 is 34.8 Å². The van der Waals surface area contributed by atoms with Crippen LogP contribution in [0.25, 0.3) is 0 Å². The Kier molecular flexibility index (Phi) is 7.88. The molecule has 0 bridgehead atoms. The van der Waals surface area contributed by atoms with Gasteiger partial charge in [-0.15, -0.1) is 0 Å². The lowest BCUT2D eigenvalue weighted by Crippen LogP contribution is -2.32. The Bertz CT molecular complexity index is 1030. The molecule has 0 saturated carbocycles. The maximum atomic E-state index is 12.9. The standard InChI is InChI=1S/C26H36O7/c1-8-10-18(27)19-23(31)17(21(29)14(4)24(19)33-7)12-26(6)11-16(20(28)13(3)9-2)22(30)15(5)25(26)32/h13,29-32H,8-12H2,1-7H3. The van der Waals surface area contributed by atoms with E-state index in [1.165, 1.54) is 14.0 Å². The van der Waals surface area contributed by atoms with Crippen LogP contribution < -0.4 is 4.74 Å². The van der Waals surface area contributed by atoms with Crippen molar-refractivity contribution >= 4 is 11.6 Å². The highest BCUT2D eigenvalue weighted by molar-refractivity contribution is 6.02. The molecule has 1 aliphatic rings. The smallest absolute Gasteiger partial charge is 0.170 e. The number of methoxy groups -OCH3 is 1. The van der Waals surface area contributed by atoms with Crippen LogP contribution >= 0.6 is 0 Å². The number of aromatic hydroxyl groups is 2. The molecule has 1 aromatic rings. The lowest BCUT2D eigenvalue weighted by molar-refractivity contribution is -0.119. The van der Waals surface area contributed by atoms with E-state index in [2.05, 4.69) is 0 Å². The number of Topliss-reactive ketones (excluding diaryl/α,β-unsaturated/α-hetero) is 2. The third kappa shape index (κ3) is 4.59. The number of carbonyl (C=O) groups excluding carboxylic acids is 2. The summed E-state index contributed by atoms with van der Waals surface area (Å²) < 4.78 is 5.33. The van der Waals surface area contributed by atoms with E-state index in [1.807, 2.05) is 13.8 Å². The van der Waals surface area contributed by atoms with Crippen molar-refractivity contribution in [1.29, 1.82) is 0 Å². The number of allylic oxidation sites excluding steroid dienone is 3. The summed E-state index contributed by atoms with van der Waals surface area (Å²) in [6, 6.07) is 0. The van der Waals surface area contributed by atoms with Crippen LogP contribution in [0.15, 0.2) is 22.7 Å². The van der Waals surface area contributed by atoms with E-state index < -0.39 is 11.2 Å². The fraction of sp³-hybridized carbons (Fsp3) is 0.538. The van der Waals surface area contributed by atoms with Gasteiger partial charge < -0.3 is 25.2 Å². The van der Waals surface area contributed by atoms with Crippen molar-refractivity contribution in [3.8, 4) is 17.2 Å². The minimum absolute atomic E-state index is 0.00135. The quantitative estimate of drug-likeness (QED) is 0.353. The van der Waals surface area contributed by atoms with Crippen molar-refractivity contribution in [2.45, 2.75) is 73.6 Å². The van der Waals surface area contributed by atoms with Crippen molar-refractivity contribution in [2.24, 2.45) is 11.3 Å². The summed E-state index contributed by atoms with van der Waals surface area (Å²) >= 11 is 0. The molecule has 0 radical (unpaired) electrons. The van der Waals surface area contributed by atoms with Crippen LogP contribution in [0.2, 0.25) is 0 Å². The van der Waals surface area contributed by atoms with Gasteiger partial charge in [0.2, 0.25) is 0 Å². The molecule has 0 heterocycles. The highest BCUT2D eigenvalue weighted by Crippen LogP contribution is 2.50. The molecule has 33 heavy (non-hydrogen) atoms. The number of ether oxygens (including phenoxy) is 1. The Hall–Kier alpha value is -2.96. The van der Waals surface area contributed by atoms with Crippen LogP contribution in [-0.4, -0.2) is 39.1 Å². The van der Waals surface area contributed by atoms with Crippen molar-refractivity contribution in [3.63, 3.8) is 0 Å². The van der Waals surface area contributed by atoms with E-state index in [-0.39, 0.29) is 82.0 Å². The number of benzene rings is 1. The highest BCUT2D eigenvalue weighted by Gasteiger charge is 2.42. The van der Waals surface area contributed by atoms with E-state index in [0.29, 0.717) is 18.4 Å². The minimum Gasteiger partial charge on any atom is -0.511 e. The molecule has 7 nitrogen and oxygen atoms in total. The molecule has 182 valence electrons. The van der Waals surface area contributed by atoms with Gasteiger partial charge in [0.25, 0.3) is 0 Å². The van der Waals surface area contributed by atoms with Crippen LogP contribution in [0.3, 0.4) is 0 Å². The molecule has 7 heteroatoms. The second-order valence-corrected chi connectivity index (χ2v) is 9.27. The monoisotopic (exact) mass is 460 g/mol. The predicted octanol–water partition coefficient (Wildman–Crippen LogP) is 5.61. The molecular formula is C26H36O7. The van der Waals surface area contributed by atoms with Gasteiger partial charge >= 0.3 is 0 Å². The molecule has 0 aromatic heterocycles. The van der Waals surface area contributed by atoms with E-state index in [1.54, 1.807) is 20.8 Å². The molecule has 2 unspecified atom stereocenters. The summed E-state index contributed by atoms with van der Waals surface area (Å²) in [6.07, 6.45) is 1.33. The summed E-state index contributed by atoms with van der Waals surface area (Å²) in [6.45, 7) is 10.3. The van der Waals surface area contributed by atoms with Gasteiger partial charge in [0.15, 0.2) is 11.6 Å². The number of carbonyl (C=O) groups is 2. The number of ketones is 2. The highest BCUT2D eigenvalue weighted by atomic mass is 16.5. The van der Waals surface area contributed by atoms with E-state index in [0.717, 1.165) is 0 Å². The Balaban J connectivity index is 2.67. The van der Waals surface area contributed by atoms with Gasteiger partial charge in [-0.05, 0) is 39.5 Å². The fourth-order valence-electron chi connectivity index (χ4n) is 4.50. The van der Waals surface area contributed by atoms with E-state index >= 15 is 0 Å². The number of rotatable bonds is 9. The number of aliphatic hydroxyl groups excluding tert-OH is 2. The fourth-order valence-corrected chi connectivity index (χ4v) is 4.50. The van der Waals surface area contributed by atoms with Crippen LogP contribution in [0, 0.1) is 18.3 Å². The van der Waals surface area contributed by atoms with Crippen LogP contribution in [0.1, 0.15) is 81.8 Å². The Morgan fingerprint density at radius 1 is 1.09 bits per heavy atom. The molecule has 0 fully saturated rings. The van der Waals surface area contributed by atoms with Gasteiger partial charge in [0.05, 0.1) is 7.11 Å². The zero-order valence-electron chi connectivity index (χ0n) is 20.6. The molecule has 2 atom stereocenters. The summed E-state index contributed by atoms with van der Waals surface area (Å²) in [5.41, 5.74) is -0.311. The SMILES string of the molecule is CCCC(=O)c1c(O)c(CC2(C)CC(C(=O)C(C)CC)=C(O)C(C)=C2O)c(O)c(C)c1OC. The first kappa shape index (κ1) is 26.3. The van der Waals surface area contributed by atoms with Gasteiger partial charge in [-0.3, -0.25) is 9.59 Å². The summed E-state index contributed by atoms with van der Waals surface area (Å²) in [7, 11) is 1.37. The number of hydrogen-bond acceptors (Lipinski definition) is 7. The molecule has 2 rings (SSSR count). The lowest BCUT2D eigenvalue weighted by atomic mass is 9.69. The average Bonchev–Trinajstić information content (AvgIpc) is 2.79. The Morgan fingerprint density at radius 3 is 2.21 bits per heavy atom. The number of hydrogen-bond donors (Lipinski definition) is 4. The van der Waals surface area contributed by atoms with Crippen LogP contribution in [0.4, 0.5) is 0 Å². The third-order valence-electron chi connectivity index (χ3n) is 6.75. The van der Waals surface area contributed by atoms with Gasteiger partial charge in [-0.25, -0.2) is 0 Å². The topological polar surface area (TPSA) is 124 Å². The molecule has 1 aliphatic carbocycles. The molecule has 1 aromatic carbocycles. The predicted molar refractivity (Wildman–Crippen MR) is 126 cm³/mol. The molecule has 0 aliphatic heterocycles. The first-order chi connectivity index (χ1) is 15.4. The maximum absolute atomic E-state index is 12.9. The number of phenols is 2.